The van der Waals surface area contributed by atoms with Crippen LogP contribution in [0.2, 0.25) is 5.15 Å². The van der Waals surface area contributed by atoms with Gasteiger partial charge >= 0.3 is 0 Å². The Morgan fingerprint density at radius 2 is 2.04 bits per heavy atom. The monoisotopic (exact) mass is 349 g/mol. The molecule has 1 aliphatic heterocycles. The molecule has 0 radical (unpaired) electrons. The third-order valence-corrected chi connectivity index (χ3v) is 4.84. The molecule has 1 aromatic heterocycles. The van der Waals surface area contributed by atoms with Gasteiger partial charge in [0.25, 0.3) is 0 Å². The number of aromatic nitrogens is 2. The Morgan fingerprint density at radius 1 is 1.33 bits per heavy atom. The van der Waals surface area contributed by atoms with Crippen LogP contribution in [0, 0.1) is 5.41 Å². The largest absolute Gasteiger partial charge is 0.396 e. The second-order valence-corrected chi connectivity index (χ2v) is 7.17. The Labute approximate surface area is 147 Å². The van der Waals surface area contributed by atoms with Crippen LogP contribution in [0.4, 0.5) is 0 Å². The van der Waals surface area contributed by atoms with Crippen molar-refractivity contribution in [2.45, 2.75) is 26.3 Å². The van der Waals surface area contributed by atoms with Crippen molar-refractivity contribution < 1.29 is 9.84 Å². The molecule has 130 valence electrons. The predicted molar refractivity (Wildman–Crippen MR) is 94.7 cm³/mol. The van der Waals surface area contributed by atoms with Crippen molar-refractivity contribution in [3.8, 4) is 5.69 Å². The number of aliphatic hydroxyl groups is 1. The molecule has 3 rings (SSSR count). The van der Waals surface area contributed by atoms with E-state index in [4.69, 9.17) is 21.4 Å². The molecule has 1 fully saturated rings. The van der Waals surface area contributed by atoms with Crippen molar-refractivity contribution in [1.82, 2.24) is 15.1 Å². The van der Waals surface area contributed by atoms with Crippen molar-refractivity contribution in [2.24, 2.45) is 5.41 Å². The lowest BCUT2D eigenvalue weighted by atomic mass is 9.87. The fraction of sp³-hybridized carbons (Fsp3) is 0.500. The van der Waals surface area contributed by atoms with Gasteiger partial charge in [-0.2, -0.15) is 5.10 Å². The molecule has 5 nitrogen and oxygen atoms in total. The van der Waals surface area contributed by atoms with E-state index in [1.54, 1.807) is 4.68 Å². The predicted octanol–water partition coefficient (Wildman–Crippen LogP) is 2.75. The minimum absolute atomic E-state index is 0.133. The lowest BCUT2D eigenvalue weighted by Gasteiger charge is -2.40. The van der Waals surface area contributed by atoms with Gasteiger partial charge in [-0.05, 0) is 18.1 Å². The lowest BCUT2D eigenvalue weighted by Crippen LogP contribution is -2.52. The summed E-state index contributed by atoms with van der Waals surface area (Å²) in [5.41, 5.74) is 2.82. The first kappa shape index (κ1) is 17.4. The van der Waals surface area contributed by atoms with Gasteiger partial charge in [0.1, 0.15) is 5.15 Å². The van der Waals surface area contributed by atoms with E-state index in [1.165, 1.54) is 0 Å². The number of para-hydroxylation sites is 1. The first-order chi connectivity index (χ1) is 11.6. The number of ether oxygens (including phenoxy) is 1. The number of rotatable bonds is 7. The highest BCUT2D eigenvalue weighted by atomic mass is 35.5. The summed E-state index contributed by atoms with van der Waals surface area (Å²) in [6, 6.07) is 9.91. The van der Waals surface area contributed by atoms with Gasteiger partial charge in [-0.25, -0.2) is 4.68 Å². The van der Waals surface area contributed by atoms with Crippen LogP contribution in [0.1, 0.15) is 31.0 Å². The molecule has 0 atom stereocenters. The topological polar surface area (TPSA) is 59.3 Å². The molecule has 2 heterocycles. The summed E-state index contributed by atoms with van der Waals surface area (Å²) in [4.78, 5) is 0. The van der Waals surface area contributed by atoms with E-state index in [9.17, 15) is 5.11 Å². The van der Waals surface area contributed by atoms with Crippen molar-refractivity contribution in [1.29, 1.82) is 0 Å². The molecule has 1 aliphatic rings. The quantitative estimate of drug-likeness (QED) is 0.807. The molecule has 2 N–H and O–H groups in total. The molecule has 0 unspecified atom stereocenters. The average molecular weight is 350 g/mol. The summed E-state index contributed by atoms with van der Waals surface area (Å²) in [6.07, 6.45) is 0. The fourth-order valence-corrected chi connectivity index (χ4v) is 3.20. The van der Waals surface area contributed by atoms with Crippen LogP contribution < -0.4 is 5.32 Å². The zero-order chi connectivity index (χ0) is 17.2. The van der Waals surface area contributed by atoms with Gasteiger partial charge in [-0.3, -0.25) is 0 Å². The number of nitrogens with zero attached hydrogens (tertiary/aromatic N) is 2. The summed E-state index contributed by atoms with van der Waals surface area (Å²) >= 11 is 6.63. The first-order valence-corrected chi connectivity index (χ1v) is 8.66. The van der Waals surface area contributed by atoms with Crippen molar-refractivity contribution in [3.05, 3.63) is 46.7 Å². The van der Waals surface area contributed by atoms with Crippen LogP contribution in [0.5, 0.6) is 0 Å². The Hall–Kier alpha value is -1.40. The van der Waals surface area contributed by atoms with E-state index in [0.29, 0.717) is 31.5 Å². The van der Waals surface area contributed by atoms with E-state index in [2.05, 4.69) is 19.2 Å². The van der Waals surface area contributed by atoms with Gasteiger partial charge in [-0.15, -0.1) is 0 Å². The van der Waals surface area contributed by atoms with Crippen molar-refractivity contribution >= 4 is 11.6 Å². The number of aliphatic hydroxyl groups excluding tert-OH is 1. The molecular formula is C18H24ClN3O2. The zero-order valence-corrected chi connectivity index (χ0v) is 14.9. The maximum atomic E-state index is 9.52. The maximum absolute atomic E-state index is 9.52. The average Bonchev–Trinajstić information content (AvgIpc) is 2.88. The zero-order valence-electron chi connectivity index (χ0n) is 14.1. The molecule has 6 heteroatoms. The summed E-state index contributed by atoms with van der Waals surface area (Å²) in [7, 11) is 0. The number of hydrogen-bond acceptors (Lipinski definition) is 4. The number of benzene rings is 1. The highest BCUT2D eigenvalue weighted by Gasteiger charge is 2.37. The van der Waals surface area contributed by atoms with E-state index in [1.807, 2.05) is 30.3 Å². The molecule has 0 amide bonds. The highest BCUT2D eigenvalue weighted by molar-refractivity contribution is 6.30. The van der Waals surface area contributed by atoms with Crippen LogP contribution in [-0.2, 0) is 11.3 Å². The van der Waals surface area contributed by atoms with E-state index >= 15 is 0 Å². The van der Waals surface area contributed by atoms with Crippen molar-refractivity contribution in [2.75, 3.05) is 26.4 Å². The van der Waals surface area contributed by atoms with Gasteiger partial charge in [-0.1, -0.05) is 43.6 Å². The molecule has 1 saturated heterocycles. The van der Waals surface area contributed by atoms with Crippen molar-refractivity contribution in [3.63, 3.8) is 0 Å². The summed E-state index contributed by atoms with van der Waals surface area (Å²) < 4.78 is 7.03. The van der Waals surface area contributed by atoms with Gasteiger partial charge < -0.3 is 15.2 Å². The minimum atomic E-state index is -0.153. The molecule has 1 aromatic carbocycles. The Balaban J connectivity index is 1.80. The molecular weight excluding hydrogens is 326 g/mol. The standard InChI is InChI=1S/C18H24ClN3O2/c1-13(2)16-15(8-20-9-18(10-23)11-24-12-18)17(19)22(21-16)14-6-4-3-5-7-14/h3-7,13,20,23H,8-12H2,1-2H3. The van der Waals surface area contributed by atoms with E-state index < -0.39 is 0 Å². The van der Waals surface area contributed by atoms with Crippen LogP contribution in [0.25, 0.3) is 5.69 Å². The second kappa shape index (κ2) is 7.23. The van der Waals surface area contributed by atoms with E-state index in [-0.39, 0.29) is 17.9 Å². The van der Waals surface area contributed by atoms with Crippen LogP contribution in [-0.4, -0.2) is 41.3 Å². The lowest BCUT2D eigenvalue weighted by molar-refractivity contribution is -0.134. The summed E-state index contributed by atoms with van der Waals surface area (Å²) in [5, 5.41) is 18.3. The number of nitrogens with one attached hydrogen (secondary N) is 1. The minimum Gasteiger partial charge on any atom is -0.396 e. The van der Waals surface area contributed by atoms with E-state index in [0.717, 1.165) is 16.9 Å². The maximum Gasteiger partial charge on any atom is 0.137 e. The molecule has 0 bridgehead atoms. The molecule has 24 heavy (non-hydrogen) atoms. The molecule has 0 spiro atoms. The number of hydrogen-bond donors (Lipinski definition) is 2. The Bertz CT molecular complexity index is 676. The normalized spacial score (nSPS) is 16.4. The SMILES string of the molecule is CC(C)c1nn(-c2ccccc2)c(Cl)c1CNCC1(CO)COC1. The highest BCUT2D eigenvalue weighted by Crippen LogP contribution is 2.29. The number of halogens is 1. The Kier molecular flexibility index (Phi) is 5.25. The first-order valence-electron chi connectivity index (χ1n) is 8.28. The van der Waals surface area contributed by atoms with Gasteiger partial charge in [0.15, 0.2) is 0 Å². The van der Waals surface area contributed by atoms with Crippen LogP contribution in [0.3, 0.4) is 0 Å². The smallest absolute Gasteiger partial charge is 0.137 e. The third-order valence-electron chi connectivity index (χ3n) is 4.45. The molecule has 2 aromatic rings. The van der Waals surface area contributed by atoms with Crippen LogP contribution >= 0.6 is 11.6 Å². The van der Waals surface area contributed by atoms with Gasteiger partial charge in [0.2, 0.25) is 0 Å². The van der Waals surface area contributed by atoms with Crippen LogP contribution in [0.15, 0.2) is 30.3 Å². The third kappa shape index (κ3) is 3.35. The Morgan fingerprint density at radius 3 is 2.58 bits per heavy atom. The van der Waals surface area contributed by atoms with Gasteiger partial charge in [0, 0.05) is 18.7 Å². The summed E-state index contributed by atoms with van der Waals surface area (Å²) in [6.45, 7) is 6.90. The second-order valence-electron chi connectivity index (χ2n) is 6.81. The van der Waals surface area contributed by atoms with Gasteiger partial charge in [0.05, 0.1) is 36.6 Å². The summed E-state index contributed by atoms with van der Waals surface area (Å²) in [5.74, 6) is 0.281. The fourth-order valence-electron chi connectivity index (χ4n) is 2.91. The molecule has 0 saturated carbocycles. The molecule has 0 aliphatic carbocycles.